The van der Waals surface area contributed by atoms with Gasteiger partial charge in [0.05, 0.1) is 12.7 Å². The van der Waals surface area contributed by atoms with Crippen LogP contribution in [-0.4, -0.2) is 42.4 Å². The SMILES string of the molecule is CN1CC(O)CC1CCOc1ccc(F)cc1CCc1ccccc1. The van der Waals surface area contributed by atoms with E-state index in [0.29, 0.717) is 12.6 Å². The van der Waals surface area contributed by atoms with Gasteiger partial charge in [0.25, 0.3) is 0 Å². The van der Waals surface area contributed by atoms with Crippen LogP contribution >= 0.6 is 0 Å². The molecule has 0 spiro atoms. The number of hydrogen-bond acceptors (Lipinski definition) is 3. The molecule has 25 heavy (non-hydrogen) atoms. The van der Waals surface area contributed by atoms with Crippen LogP contribution in [0.4, 0.5) is 4.39 Å². The zero-order valence-corrected chi connectivity index (χ0v) is 14.7. The highest BCUT2D eigenvalue weighted by molar-refractivity contribution is 5.35. The lowest BCUT2D eigenvalue weighted by Crippen LogP contribution is -2.26. The molecule has 1 heterocycles. The third kappa shape index (κ3) is 5.03. The largest absolute Gasteiger partial charge is 0.493 e. The number of likely N-dealkylation sites (N-methyl/N-ethyl adjacent to an activating group) is 1. The summed E-state index contributed by atoms with van der Waals surface area (Å²) in [6.07, 6.45) is 3.03. The van der Waals surface area contributed by atoms with E-state index in [1.54, 1.807) is 12.1 Å². The third-order valence-electron chi connectivity index (χ3n) is 4.92. The van der Waals surface area contributed by atoms with Gasteiger partial charge >= 0.3 is 0 Å². The zero-order chi connectivity index (χ0) is 17.6. The molecule has 2 aromatic rings. The van der Waals surface area contributed by atoms with E-state index in [0.717, 1.165) is 43.5 Å². The van der Waals surface area contributed by atoms with Gasteiger partial charge in [-0.3, -0.25) is 0 Å². The minimum absolute atomic E-state index is 0.228. The Kier molecular flexibility index (Phi) is 6.05. The molecule has 1 aliphatic rings. The summed E-state index contributed by atoms with van der Waals surface area (Å²) in [5.41, 5.74) is 2.14. The molecule has 134 valence electrons. The molecule has 0 aromatic heterocycles. The molecule has 3 nitrogen and oxygen atoms in total. The van der Waals surface area contributed by atoms with Crippen LogP contribution in [0.25, 0.3) is 0 Å². The van der Waals surface area contributed by atoms with Gasteiger partial charge in [-0.1, -0.05) is 30.3 Å². The monoisotopic (exact) mass is 343 g/mol. The number of aliphatic hydroxyl groups excluding tert-OH is 1. The van der Waals surface area contributed by atoms with Crippen molar-refractivity contribution < 1.29 is 14.2 Å². The van der Waals surface area contributed by atoms with Crippen LogP contribution in [0.2, 0.25) is 0 Å². The maximum atomic E-state index is 13.6. The molecule has 2 unspecified atom stereocenters. The number of β-amino-alcohol motifs (C(OH)–C–C–N with tert-alkyl or cyclic N) is 1. The lowest BCUT2D eigenvalue weighted by atomic mass is 10.0. The van der Waals surface area contributed by atoms with Crippen molar-refractivity contribution in [1.82, 2.24) is 4.90 Å². The third-order valence-corrected chi connectivity index (χ3v) is 4.92. The highest BCUT2D eigenvalue weighted by atomic mass is 19.1. The summed E-state index contributed by atoms with van der Waals surface area (Å²) in [5, 5.41) is 9.72. The molecule has 0 bridgehead atoms. The van der Waals surface area contributed by atoms with Crippen LogP contribution in [0.3, 0.4) is 0 Å². The number of hydrogen-bond donors (Lipinski definition) is 1. The maximum absolute atomic E-state index is 13.6. The molecule has 0 saturated carbocycles. The predicted octanol–water partition coefficient (Wildman–Crippen LogP) is 3.44. The highest BCUT2D eigenvalue weighted by Gasteiger charge is 2.27. The molecule has 1 saturated heterocycles. The average molecular weight is 343 g/mol. The van der Waals surface area contributed by atoms with Gasteiger partial charge in [-0.2, -0.15) is 0 Å². The number of nitrogens with zero attached hydrogens (tertiary/aromatic N) is 1. The smallest absolute Gasteiger partial charge is 0.123 e. The first kappa shape index (κ1) is 17.9. The van der Waals surface area contributed by atoms with Crippen molar-refractivity contribution in [3.05, 3.63) is 65.5 Å². The number of rotatable bonds is 7. The van der Waals surface area contributed by atoms with Gasteiger partial charge < -0.3 is 14.7 Å². The Morgan fingerprint density at radius 1 is 1.16 bits per heavy atom. The predicted molar refractivity (Wildman–Crippen MR) is 97.4 cm³/mol. The van der Waals surface area contributed by atoms with Crippen molar-refractivity contribution in [3.8, 4) is 5.75 Å². The summed E-state index contributed by atoms with van der Waals surface area (Å²) in [4.78, 5) is 2.18. The Labute approximate surface area is 149 Å². The van der Waals surface area contributed by atoms with Crippen molar-refractivity contribution >= 4 is 0 Å². The minimum atomic E-state index is -0.234. The molecule has 4 heteroatoms. The minimum Gasteiger partial charge on any atom is -0.493 e. The van der Waals surface area contributed by atoms with Gasteiger partial charge in [0.1, 0.15) is 11.6 Å². The van der Waals surface area contributed by atoms with E-state index in [4.69, 9.17) is 4.74 Å². The highest BCUT2D eigenvalue weighted by Crippen LogP contribution is 2.24. The Balaban J connectivity index is 1.57. The summed E-state index contributed by atoms with van der Waals surface area (Å²) in [6, 6.07) is 15.3. The Bertz CT molecular complexity index is 677. The van der Waals surface area contributed by atoms with Gasteiger partial charge in [0, 0.05) is 12.6 Å². The molecule has 0 radical (unpaired) electrons. The molecule has 3 rings (SSSR count). The van der Waals surface area contributed by atoms with E-state index < -0.39 is 0 Å². The topological polar surface area (TPSA) is 32.7 Å². The van der Waals surface area contributed by atoms with Crippen LogP contribution in [0, 0.1) is 5.82 Å². The fourth-order valence-electron chi connectivity index (χ4n) is 3.50. The molecule has 1 aliphatic heterocycles. The molecule has 0 amide bonds. The number of aryl methyl sites for hydroxylation is 2. The summed E-state index contributed by atoms with van der Waals surface area (Å²) in [5.74, 6) is 0.535. The lowest BCUT2D eigenvalue weighted by Gasteiger charge is -2.19. The van der Waals surface area contributed by atoms with Gasteiger partial charge in [-0.15, -0.1) is 0 Å². The van der Waals surface area contributed by atoms with E-state index in [1.807, 2.05) is 25.2 Å². The second kappa shape index (κ2) is 8.45. The van der Waals surface area contributed by atoms with Crippen molar-refractivity contribution in [2.75, 3.05) is 20.2 Å². The van der Waals surface area contributed by atoms with E-state index in [-0.39, 0.29) is 11.9 Å². The van der Waals surface area contributed by atoms with Gasteiger partial charge in [0.15, 0.2) is 0 Å². The van der Waals surface area contributed by atoms with Crippen LogP contribution in [0.15, 0.2) is 48.5 Å². The summed E-state index contributed by atoms with van der Waals surface area (Å²) >= 11 is 0. The average Bonchev–Trinajstić information content (AvgIpc) is 2.93. The standard InChI is InChI=1S/C21H26FNO2/c1-23-15-20(24)14-19(23)11-12-25-21-10-9-18(22)13-17(21)8-7-16-5-3-2-4-6-16/h2-6,9-10,13,19-20,24H,7-8,11-12,14-15H2,1H3. The molecule has 2 atom stereocenters. The van der Waals surface area contributed by atoms with E-state index >= 15 is 0 Å². The van der Waals surface area contributed by atoms with Gasteiger partial charge in [-0.05, 0) is 62.1 Å². The second-order valence-corrected chi connectivity index (χ2v) is 6.86. The van der Waals surface area contributed by atoms with E-state index in [9.17, 15) is 9.50 Å². The Morgan fingerprint density at radius 3 is 2.68 bits per heavy atom. The Hall–Kier alpha value is -1.91. The van der Waals surface area contributed by atoms with Gasteiger partial charge in [-0.25, -0.2) is 4.39 Å². The van der Waals surface area contributed by atoms with Crippen molar-refractivity contribution in [2.45, 2.75) is 37.8 Å². The van der Waals surface area contributed by atoms with Crippen LogP contribution < -0.4 is 4.74 Å². The van der Waals surface area contributed by atoms with E-state index in [2.05, 4.69) is 17.0 Å². The molecular formula is C21H26FNO2. The lowest BCUT2D eigenvalue weighted by molar-refractivity contribution is 0.182. The molecule has 1 N–H and O–H groups in total. The van der Waals surface area contributed by atoms with E-state index in [1.165, 1.54) is 11.6 Å². The quantitative estimate of drug-likeness (QED) is 0.836. The Morgan fingerprint density at radius 2 is 1.96 bits per heavy atom. The second-order valence-electron chi connectivity index (χ2n) is 6.86. The normalized spacial score (nSPS) is 20.8. The fraction of sp³-hybridized carbons (Fsp3) is 0.429. The first-order valence-electron chi connectivity index (χ1n) is 8.95. The molecule has 2 aromatic carbocycles. The van der Waals surface area contributed by atoms with Crippen LogP contribution in [0.5, 0.6) is 5.75 Å². The number of aliphatic hydroxyl groups is 1. The van der Waals surface area contributed by atoms with Gasteiger partial charge in [0.2, 0.25) is 0 Å². The summed E-state index contributed by atoms with van der Waals surface area (Å²) in [6.45, 7) is 1.30. The number of ether oxygens (including phenoxy) is 1. The summed E-state index contributed by atoms with van der Waals surface area (Å²) in [7, 11) is 2.03. The maximum Gasteiger partial charge on any atom is 0.123 e. The number of benzene rings is 2. The first-order valence-corrected chi connectivity index (χ1v) is 8.95. The molecular weight excluding hydrogens is 317 g/mol. The number of halogens is 1. The summed E-state index contributed by atoms with van der Waals surface area (Å²) < 4.78 is 19.6. The van der Waals surface area contributed by atoms with Crippen molar-refractivity contribution in [3.63, 3.8) is 0 Å². The molecule has 1 fully saturated rings. The first-order chi connectivity index (χ1) is 12.1. The zero-order valence-electron chi connectivity index (χ0n) is 14.7. The number of likely N-dealkylation sites (tertiary alicyclic amines) is 1. The van der Waals surface area contributed by atoms with Crippen LogP contribution in [0.1, 0.15) is 24.0 Å². The van der Waals surface area contributed by atoms with Crippen LogP contribution in [-0.2, 0) is 12.8 Å². The molecule has 0 aliphatic carbocycles. The van der Waals surface area contributed by atoms with Crippen molar-refractivity contribution in [2.24, 2.45) is 0 Å². The fourth-order valence-corrected chi connectivity index (χ4v) is 3.50. The van der Waals surface area contributed by atoms with Crippen molar-refractivity contribution in [1.29, 1.82) is 0 Å².